The van der Waals surface area contributed by atoms with Gasteiger partial charge in [-0.3, -0.25) is 0 Å². The third-order valence-electron chi connectivity index (χ3n) is 2.21. The van der Waals surface area contributed by atoms with Gasteiger partial charge in [-0.05, 0) is 46.5 Å². The third kappa shape index (κ3) is 2.97. The van der Waals surface area contributed by atoms with Crippen molar-refractivity contribution in [1.82, 2.24) is 4.98 Å². The van der Waals surface area contributed by atoms with Gasteiger partial charge in [0.1, 0.15) is 0 Å². The monoisotopic (exact) mass is 316 g/mol. The molecule has 1 heterocycles. The highest BCUT2D eigenvalue weighted by Gasteiger charge is 2.06. The highest BCUT2D eigenvalue weighted by molar-refractivity contribution is 9.11. The first-order chi connectivity index (χ1) is 7.65. The minimum atomic E-state index is 0.605. The standard InChI is InChI=1S/C11H10BrClN2S/c12-10-9(15-11(14)16-10)5-4-7-2-1-3-8(13)6-7/h1-3,6H,4-5H2,(H2,14,15). The van der Waals surface area contributed by atoms with Gasteiger partial charge in [-0.1, -0.05) is 35.1 Å². The van der Waals surface area contributed by atoms with E-state index in [1.807, 2.05) is 18.2 Å². The van der Waals surface area contributed by atoms with E-state index >= 15 is 0 Å². The van der Waals surface area contributed by atoms with Gasteiger partial charge in [0, 0.05) is 5.02 Å². The van der Waals surface area contributed by atoms with Crippen molar-refractivity contribution in [3.8, 4) is 0 Å². The van der Waals surface area contributed by atoms with Crippen molar-refractivity contribution >= 4 is 44.0 Å². The van der Waals surface area contributed by atoms with Crippen LogP contribution >= 0.6 is 38.9 Å². The summed E-state index contributed by atoms with van der Waals surface area (Å²) in [4.78, 5) is 4.26. The van der Waals surface area contributed by atoms with E-state index in [-0.39, 0.29) is 0 Å². The Hall–Kier alpha value is -0.580. The van der Waals surface area contributed by atoms with Crippen LogP contribution in [-0.2, 0) is 12.8 Å². The van der Waals surface area contributed by atoms with Crippen molar-refractivity contribution in [1.29, 1.82) is 0 Å². The second-order valence-corrected chi connectivity index (χ2v) is 6.19. The Morgan fingerprint density at radius 1 is 1.38 bits per heavy atom. The molecule has 2 N–H and O–H groups in total. The first-order valence-electron chi connectivity index (χ1n) is 4.80. The van der Waals surface area contributed by atoms with Gasteiger partial charge in [0.25, 0.3) is 0 Å². The number of benzene rings is 1. The van der Waals surface area contributed by atoms with Gasteiger partial charge in [0.2, 0.25) is 0 Å². The molecule has 0 aliphatic heterocycles. The molecule has 0 fully saturated rings. The number of hydrogen-bond acceptors (Lipinski definition) is 3. The molecule has 0 unspecified atom stereocenters. The predicted molar refractivity (Wildman–Crippen MR) is 73.1 cm³/mol. The van der Waals surface area contributed by atoms with Crippen LogP contribution in [0.15, 0.2) is 28.1 Å². The fourth-order valence-corrected chi connectivity index (χ4v) is 3.06. The van der Waals surface area contributed by atoms with E-state index in [1.54, 1.807) is 0 Å². The zero-order valence-electron chi connectivity index (χ0n) is 8.41. The summed E-state index contributed by atoms with van der Waals surface area (Å²) in [6.45, 7) is 0. The molecular weight excluding hydrogens is 308 g/mol. The largest absolute Gasteiger partial charge is 0.375 e. The minimum absolute atomic E-state index is 0.605. The Morgan fingerprint density at radius 2 is 2.19 bits per heavy atom. The number of nitrogen functional groups attached to an aromatic ring is 1. The summed E-state index contributed by atoms with van der Waals surface area (Å²) < 4.78 is 1.02. The molecule has 1 aromatic heterocycles. The van der Waals surface area contributed by atoms with E-state index in [4.69, 9.17) is 17.3 Å². The molecule has 5 heteroatoms. The summed E-state index contributed by atoms with van der Waals surface area (Å²) in [6.07, 6.45) is 1.79. The summed E-state index contributed by atoms with van der Waals surface area (Å²) in [6, 6.07) is 7.88. The maximum absolute atomic E-state index is 5.92. The van der Waals surface area contributed by atoms with Crippen LogP contribution in [-0.4, -0.2) is 4.98 Å². The van der Waals surface area contributed by atoms with Crippen molar-refractivity contribution in [3.63, 3.8) is 0 Å². The van der Waals surface area contributed by atoms with Gasteiger partial charge >= 0.3 is 0 Å². The van der Waals surface area contributed by atoms with E-state index in [0.717, 1.165) is 27.3 Å². The topological polar surface area (TPSA) is 38.9 Å². The van der Waals surface area contributed by atoms with Crippen LogP contribution < -0.4 is 5.73 Å². The second kappa shape index (κ2) is 5.17. The molecule has 1 aromatic carbocycles. The Morgan fingerprint density at radius 3 is 2.81 bits per heavy atom. The SMILES string of the molecule is Nc1nc(CCc2cccc(Cl)c2)c(Br)s1. The van der Waals surface area contributed by atoms with Gasteiger partial charge in [-0.15, -0.1) is 0 Å². The normalized spacial score (nSPS) is 10.6. The van der Waals surface area contributed by atoms with Gasteiger partial charge in [0.15, 0.2) is 5.13 Å². The quantitative estimate of drug-likeness (QED) is 0.931. The van der Waals surface area contributed by atoms with Gasteiger partial charge in [0.05, 0.1) is 9.48 Å². The highest BCUT2D eigenvalue weighted by Crippen LogP contribution is 2.27. The number of halogens is 2. The Bertz CT molecular complexity index is 498. The zero-order valence-corrected chi connectivity index (χ0v) is 11.6. The van der Waals surface area contributed by atoms with Crippen molar-refractivity contribution in [2.24, 2.45) is 0 Å². The number of rotatable bonds is 3. The lowest BCUT2D eigenvalue weighted by Crippen LogP contribution is -1.93. The Labute approximate surface area is 112 Å². The lowest BCUT2D eigenvalue weighted by atomic mass is 10.1. The number of thiazole rings is 1. The number of nitrogens with two attached hydrogens (primary N) is 1. The smallest absolute Gasteiger partial charge is 0.181 e. The van der Waals surface area contributed by atoms with Crippen LogP contribution in [0.5, 0.6) is 0 Å². The van der Waals surface area contributed by atoms with E-state index in [9.17, 15) is 0 Å². The maximum Gasteiger partial charge on any atom is 0.181 e. The van der Waals surface area contributed by atoms with E-state index in [0.29, 0.717) is 5.13 Å². The molecule has 0 atom stereocenters. The fraction of sp³-hybridized carbons (Fsp3) is 0.182. The van der Waals surface area contributed by atoms with Crippen LogP contribution in [0, 0.1) is 0 Å². The summed E-state index contributed by atoms with van der Waals surface area (Å²) in [5.74, 6) is 0. The number of aryl methyl sites for hydroxylation is 2. The highest BCUT2D eigenvalue weighted by atomic mass is 79.9. The molecule has 16 heavy (non-hydrogen) atoms. The molecule has 0 aliphatic rings. The van der Waals surface area contributed by atoms with Crippen LogP contribution in [0.4, 0.5) is 5.13 Å². The lowest BCUT2D eigenvalue weighted by Gasteiger charge is -2.00. The van der Waals surface area contributed by atoms with E-state index < -0.39 is 0 Å². The first kappa shape index (κ1) is 11.9. The number of anilines is 1. The minimum Gasteiger partial charge on any atom is -0.375 e. The molecule has 0 saturated heterocycles. The molecule has 2 aromatic rings. The predicted octanol–water partition coefficient (Wildman–Crippen LogP) is 3.93. The van der Waals surface area contributed by atoms with Gasteiger partial charge in [-0.25, -0.2) is 4.98 Å². The van der Waals surface area contributed by atoms with Crippen molar-refractivity contribution in [2.45, 2.75) is 12.8 Å². The molecule has 0 saturated carbocycles. The van der Waals surface area contributed by atoms with Crippen LogP contribution in [0.1, 0.15) is 11.3 Å². The molecular formula is C11H10BrClN2S. The number of aromatic nitrogens is 1. The second-order valence-electron chi connectivity index (χ2n) is 3.40. The lowest BCUT2D eigenvalue weighted by molar-refractivity contribution is 0.922. The summed E-state index contributed by atoms with van der Waals surface area (Å²) in [7, 11) is 0. The Balaban J connectivity index is 2.05. The van der Waals surface area contributed by atoms with E-state index in [1.165, 1.54) is 16.9 Å². The van der Waals surface area contributed by atoms with Crippen molar-refractivity contribution < 1.29 is 0 Å². The molecule has 0 radical (unpaired) electrons. The average Bonchev–Trinajstić information content (AvgIpc) is 2.54. The number of nitrogens with zero attached hydrogens (tertiary/aromatic N) is 1. The van der Waals surface area contributed by atoms with Crippen molar-refractivity contribution in [2.75, 3.05) is 5.73 Å². The molecule has 0 aliphatic carbocycles. The summed E-state index contributed by atoms with van der Waals surface area (Å²) in [5.41, 5.74) is 7.86. The van der Waals surface area contributed by atoms with Crippen LogP contribution in [0.2, 0.25) is 5.02 Å². The summed E-state index contributed by atoms with van der Waals surface area (Å²) >= 11 is 10.8. The first-order valence-corrected chi connectivity index (χ1v) is 6.79. The van der Waals surface area contributed by atoms with Crippen molar-refractivity contribution in [3.05, 3.63) is 44.3 Å². The molecule has 0 spiro atoms. The zero-order chi connectivity index (χ0) is 11.5. The average molecular weight is 318 g/mol. The molecule has 0 bridgehead atoms. The van der Waals surface area contributed by atoms with Gasteiger partial charge < -0.3 is 5.73 Å². The molecule has 2 nitrogen and oxygen atoms in total. The molecule has 84 valence electrons. The van der Waals surface area contributed by atoms with E-state index in [2.05, 4.69) is 27.0 Å². The third-order valence-corrected chi connectivity index (χ3v) is 4.10. The van der Waals surface area contributed by atoms with Crippen LogP contribution in [0.25, 0.3) is 0 Å². The number of hydrogen-bond donors (Lipinski definition) is 1. The molecule has 0 amide bonds. The van der Waals surface area contributed by atoms with Crippen LogP contribution in [0.3, 0.4) is 0 Å². The fourth-order valence-electron chi connectivity index (χ4n) is 1.46. The maximum atomic E-state index is 5.92. The Kier molecular flexibility index (Phi) is 3.84. The van der Waals surface area contributed by atoms with Gasteiger partial charge in [-0.2, -0.15) is 0 Å². The molecule has 2 rings (SSSR count). The summed E-state index contributed by atoms with van der Waals surface area (Å²) in [5, 5.41) is 1.38.